The largest absolute Gasteiger partial charge is 0.457 e. The van der Waals surface area contributed by atoms with Gasteiger partial charge in [0.2, 0.25) is 0 Å². The molecule has 2 aromatic heterocycles. The van der Waals surface area contributed by atoms with Gasteiger partial charge >= 0.3 is 0 Å². The van der Waals surface area contributed by atoms with Gasteiger partial charge in [-0.2, -0.15) is 0 Å². The number of rotatable bonds is 5. The summed E-state index contributed by atoms with van der Waals surface area (Å²) in [6, 6.07) is 21.5. The van der Waals surface area contributed by atoms with Crippen molar-refractivity contribution >= 4 is 11.0 Å². The summed E-state index contributed by atoms with van der Waals surface area (Å²) in [4.78, 5) is 4.74. The highest BCUT2D eigenvalue weighted by atomic mass is 19.1. The van der Waals surface area contributed by atoms with E-state index < -0.39 is 0 Å². The molecule has 0 atom stereocenters. The molecule has 0 spiro atoms. The van der Waals surface area contributed by atoms with Crippen molar-refractivity contribution in [3.63, 3.8) is 0 Å². The van der Waals surface area contributed by atoms with Gasteiger partial charge in [0.25, 0.3) is 0 Å². The molecule has 5 rings (SSSR count). The van der Waals surface area contributed by atoms with Crippen LogP contribution in [-0.2, 0) is 6.42 Å². The van der Waals surface area contributed by atoms with E-state index in [1.54, 1.807) is 12.1 Å². The van der Waals surface area contributed by atoms with Crippen LogP contribution in [0.25, 0.3) is 16.7 Å². The Kier molecular flexibility index (Phi) is 4.21. The van der Waals surface area contributed by atoms with Crippen molar-refractivity contribution in [3.05, 3.63) is 90.3 Å². The topological polar surface area (TPSA) is 81.5 Å². The highest BCUT2D eigenvalue weighted by molar-refractivity contribution is 5.78. The Labute approximate surface area is 164 Å². The zero-order chi connectivity index (χ0) is 19.6. The molecule has 0 saturated heterocycles. The normalized spacial score (nSPS) is 11.1. The van der Waals surface area contributed by atoms with Gasteiger partial charge < -0.3 is 4.74 Å². The predicted molar refractivity (Wildman–Crippen MR) is 105 cm³/mol. The molecule has 3 aromatic carbocycles. The highest BCUT2D eigenvalue weighted by Crippen LogP contribution is 2.26. The smallest absolute Gasteiger partial charge is 0.156 e. The zero-order valence-corrected chi connectivity index (χ0v) is 15.2. The molecule has 0 bridgehead atoms. The molecule has 7 nitrogen and oxygen atoms in total. The van der Waals surface area contributed by atoms with Crippen LogP contribution >= 0.6 is 0 Å². The second-order valence-corrected chi connectivity index (χ2v) is 6.43. The van der Waals surface area contributed by atoms with E-state index >= 15 is 0 Å². The number of fused-ring (bicyclic) bond motifs is 1. The number of H-pyrrole nitrogens is 1. The quantitative estimate of drug-likeness (QED) is 0.493. The molecule has 0 saturated carbocycles. The lowest BCUT2D eigenvalue weighted by Crippen LogP contribution is -2.03. The lowest BCUT2D eigenvalue weighted by atomic mass is 10.2. The van der Waals surface area contributed by atoms with Crippen molar-refractivity contribution in [3.8, 4) is 17.2 Å². The highest BCUT2D eigenvalue weighted by Gasteiger charge is 2.14. The van der Waals surface area contributed by atoms with Gasteiger partial charge in [-0.05, 0) is 71.1 Å². The number of hydrogen-bond donors (Lipinski definition) is 1. The van der Waals surface area contributed by atoms with Crippen molar-refractivity contribution in [1.82, 2.24) is 30.2 Å². The minimum atomic E-state index is -0.297. The molecule has 1 N–H and O–H groups in total. The van der Waals surface area contributed by atoms with Crippen LogP contribution in [0.5, 0.6) is 11.5 Å². The molecule has 0 aliphatic heterocycles. The maximum atomic E-state index is 13.1. The maximum Gasteiger partial charge on any atom is 0.156 e. The summed E-state index contributed by atoms with van der Waals surface area (Å²) in [6.45, 7) is 0. The molecular formula is C21H15FN6O. The number of halogens is 1. The van der Waals surface area contributed by atoms with E-state index in [0.717, 1.165) is 22.5 Å². The van der Waals surface area contributed by atoms with Crippen LogP contribution in [0.15, 0.2) is 72.8 Å². The van der Waals surface area contributed by atoms with Crippen molar-refractivity contribution < 1.29 is 9.13 Å². The van der Waals surface area contributed by atoms with Gasteiger partial charge in [-0.15, -0.1) is 5.10 Å². The van der Waals surface area contributed by atoms with Gasteiger partial charge in [0.05, 0.1) is 17.5 Å². The summed E-state index contributed by atoms with van der Waals surface area (Å²) < 4.78 is 20.9. The summed E-state index contributed by atoms with van der Waals surface area (Å²) in [5.74, 6) is 2.39. The summed E-state index contributed by atoms with van der Waals surface area (Å²) >= 11 is 0. The van der Waals surface area contributed by atoms with Gasteiger partial charge in [0.1, 0.15) is 23.1 Å². The van der Waals surface area contributed by atoms with E-state index in [1.807, 2.05) is 48.5 Å². The van der Waals surface area contributed by atoms with E-state index in [1.165, 1.54) is 12.1 Å². The van der Waals surface area contributed by atoms with Crippen LogP contribution in [0.2, 0.25) is 0 Å². The number of tetrazole rings is 1. The number of nitrogens with one attached hydrogen (secondary N) is 1. The van der Waals surface area contributed by atoms with E-state index in [2.05, 4.69) is 25.2 Å². The molecule has 0 aliphatic carbocycles. The summed E-state index contributed by atoms with van der Waals surface area (Å²) in [7, 11) is 0. The number of hydrogen-bond acceptors (Lipinski definition) is 5. The molecule has 0 aliphatic rings. The average Bonchev–Trinajstić information content (AvgIpc) is 3.38. The summed E-state index contributed by atoms with van der Waals surface area (Å²) in [6.07, 6.45) is 0.468. The molecule has 0 amide bonds. The van der Waals surface area contributed by atoms with Crippen LogP contribution in [0, 0.1) is 5.82 Å². The monoisotopic (exact) mass is 386 g/mol. The molecule has 0 radical (unpaired) electrons. The van der Waals surface area contributed by atoms with Gasteiger partial charge in [0.15, 0.2) is 5.82 Å². The van der Waals surface area contributed by atoms with Crippen molar-refractivity contribution in [2.45, 2.75) is 6.42 Å². The molecule has 2 heterocycles. The van der Waals surface area contributed by atoms with Crippen molar-refractivity contribution in [2.75, 3.05) is 0 Å². The Hall–Kier alpha value is -4.07. The number of nitrogens with zero attached hydrogens (tertiary/aromatic N) is 5. The molecule has 142 valence electrons. The third-order valence-corrected chi connectivity index (χ3v) is 4.49. The molecule has 0 unspecified atom stereocenters. The van der Waals surface area contributed by atoms with Crippen molar-refractivity contribution in [2.24, 2.45) is 0 Å². The number of aromatic amines is 1. The first-order chi connectivity index (χ1) is 14.3. The summed E-state index contributed by atoms with van der Waals surface area (Å²) in [5, 5.41) is 14.0. The minimum absolute atomic E-state index is 0.297. The Bertz CT molecular complexity index is 1250. The fourth-order valence-corrected chi connectivity index (χ4v) is 3.19. The van der Waals surface area contributed by atoms with E-state index in [9.17, 15) is 4.39 Å². The Morgan fingerprint density at radius 3 is 2.34 bits per heavy atom. The van der Waals surface area contributed by atoms with E-state index in [4.69, 9.17) is 9.72 Å². The molecule has 29 heavy (non-hydrogen) atoms. The lowest BCUT2D eigenvalue weighted by Gasteiger charge is -2.10. The second-order valence-electron chi connectivity index (χ2n) is 6.43. The average molecular weight is 386 g/mol. The van der Waals surface area contributed by atoms with Gasteiger partial charge in [-0.1, -0.05) is 12.1 Å². The van der Waals surface area contributed by atoms with Crippen molar-refractivity contribution in [1.29, 1.82) is 0 Å². The van der Waals surface area contributed by atoms with E-state index in [-0.39, 0.29) is 5.82 Å². The lowest BCUT2D eigenvalue weighted by molar-refractivity contribution is 0.480. The number of imidazole rings is 1. The van der Waals surface area contributed by atoms with Gasteiger partial charge in [-0.25, -0.2) is 14.5 Å². The van der Waals surface area contributed by atoms with E-state index in [0.29, 0.717) is 23.7 Å². The SMILES string of the molecule is Fc1ccc(Oc2ccc(-n3c(Cc4nnn[nH]4)nc4ccccc43)cc2)cc1. The minimum Gasteiger partial charge on any atom is -0.457 e. The first-order valence-corrected chi connectivity index (χ1v) is 8.99. The number of benzene rings is 3. The van der Waals surface area contributed by atoms with Crippen LogP contribution in [0.3, 0.4) is 0 Å². The first kappa shape index (κ1) is 17.1. The van der Waals surface area contributed by atoms with Gasteiger partial charge in [0, 0.05) is 5.69 Å². The van der Waals surface area contributed by atoms with Crippen LogP contribution in [0.4, 0.5) is 4.39 Å². The fourth-order valence-electron chi connectivity index (χ4n) is 3.19. The summed E-state index contributed by atoms with van der Waals surface area (Å²) in [5.41, 5.74) is 2.82. The first-order valence-electron chi connectivity index (χ1n) is 8.99. The molecular weight excluding hydrogens is 371 g/mol. The van der Waals surface area contributed by atoms with Crippen LogP contribution in [-0.4, -0.2) is 30.2 Å². The predicted octanol–water partition coefficient (Wildman–Crippen LogP) is 4.06. The molecule has 0 fully saturated rings. The van der Waals surface area contributed by atoms with Gasteiger partial charge in [-0.3, -0.25) is 4.57 Å². The fraction of sp³-hybridized carbons (Fsp3) is 0.0476. The maximum absolute atomic E-state index is 13.1. The molecule has 5 aromatic rings. The zero-order valence-electron chi connectivity index (χ0n) is 15.2. The number of ether oxygens (including phenoxy) is 1. The molecule has 8 heteroatoms. The van der Waals surface area contributed by atoms with Crippen LogP contribution < -0.4 is 4.74 Å². The number of para-hydroxylation sites is 2. The van der Waals surface area contributed by atoms with Crippen LogP contribution in [0.1, 0.15) is 11.6 Å². The Balaban J connectivity index is 1.50. The third kappa shape index (κ3) is 3.43. The number of aromatic nitrogens is 6. The third-order valence-electron chi connectivity index (χ3n) is 4.49. The standard InChI is InChI=1S/C21H15FN6O/c22-14-5-9-16(10-6-14)29-17-11-7-15(8-12-17)28-19-4-2-1-3-18(19)23-21(28)13-20-24-26-27-25-20/h1-12H,13H2,(H,24,25,26,27). The second kappa shape index (κ2) is 7.16. The Morgan fingerprint density at radius 1 is 0.897 bits per heavy atom. The Morgan fingerprint density at radius 2 is 1.62 bits per heavy atom.